The highest BCUT2D eigenvalue weighted by molar-refractivity contribution is 9.10. The molecule has 0 atom stereocenters. The number of hydrogen-bond acceptors (Lipinski definition) is 3. The van der Waals surface area contributed by atoms with Crippen molar-refractivity contribution in [1.82, 2.24) is 9.78 Å². The Bertz CT molecular complexity index is 637. The van der Waals surface area contributed by atoms with E-state index in [-0.39, 0.29) is 12.2 Å². The molecule has 106 valence electrons. The van der Waals surface area contributed by atoms with E-state index in [0.717, 1.165) is 17.8 Å². The molecule has 0 unspecified atom stereocenters. The van der Waals surface area contributed by atoms with Gasteiger partial charge in [0.25, 0.3) is 0 Å². The summed E-state index contributed by atoms with van der Waals surface area (Å²) in [6.07, 6.45) is 0.854. The Hall–Kier alpha value is -1.82. The van der Waals surface area contributed by atoms with Crippen LogP contribution in [0.4, 0.5) is 0 Å². The molecule has 0 radical (unpaired) electrons. The van der Waals surface area contributed by atoms with Crippen LogP contribution in [-0.4, -0.2) is 20.9 Å². The average Bonchev–Trinajstić information content (AvgIpc) is 2.78. The van der Waals surface area contributed by atoms with Gasteiger partial charge in [-0.05, 0) is 30.7 Å². The maximum absolute atomic E-state index is 11.2. The van der Waals surface area contributed by atoms with E-state index in [9.17, 15) is 4.79 Å². The van der Waals surface area contributed by atoms with Gasteiger partial charge < -0.3 is 9.84 Å². The first-order valence-electron chi connectivity index (χ1n) is 6.18. The van der Waals surface area contributed by atoms with Crippen LogP contribution in [0.1, 0.15) is 28.7 Å². The molecule has 0 amide bonds. The van der Waals surface area contributed by atoms with E-state index in [0.29, 0.717) is 10.2 Å². The number of aryl methyl sites for hydroxylation is 2. The van der Waals surface area contributed by atoms with Crippen LogP contribution in [0.3, 0.4) is 0 Å². The third-order valence-electron chi connectivity index (χ3n) is 2.94. The van der Waals surface area contributed by atoms with Crippen LogP contribution < -0.4 is 4.74 Å². The molecule has 2 rings (SSSR count). The summed E-state index contributed by atoms with van der Waals surface area (Å²) in [4.78, 5) is 11.2. The third kappa shape index (κ3) is 3.19. The number of carbonyl (C=O) groups is 1. The summed E-state index contributed by atoms with van der Waals surface area (Å²) in [6.45, 7) is 2.32. The van der Waals surface area contributed by atoms with Crippen molar-refractivity contribution in [3.05, 3.63) is 45.7 Å². The molecule has 1 heterocycles. The molecule has 0 aliphatic carbocycles. The number of nitrogens with zero attached hydrogens (tertiary/aromatic N) is 2. The first kappa shape index (κ1) is 14.6. The fraction of sp³-hybridized carbons (Fsp3) is 0.286. The molecule has 0 saturated carbocycles. The zero-order chi connectivity index (χ0) is 14.7. The van der Waals surface area contributed by atoms with Gasteiger partial charge in [0.1, 0.15) is 17.9 Å². The summed E-state index contributed by atoms with van der Waals surface area (Å²) < 4.78 is 8.07. The molecule has 5 nitrogen and oxygen atoms in total. The second-order valence-corrected chi connectivity index (χ2v) is 5.25. The number of ether oxygens (including phenoxy) is 1. The lowest BCUT2D eigenvalue weighted by Crippen LogP contribution is -2.06. The minimum atomic E-state index is -1.01. The van der Waals surface area contributed by atoms with Crippen molar-refractivity contribution in [2.75, 3.05) is 0 Å². The number of aromatic carboxylic acids is 1. The fourth-order valence-electron chi connectivity index (χ4n) is 1.83. The van der Waals surface area contributed by atoms with Gasteiger partial charge in [0.15, 0.2) is 0 Å². The lowest BCUT2D eigenvalue weighted by molar-refractivity contribution is 0.0691. The second kappa shape index (κ2) is 6.09. The van der Waals surface area contributed by atoms with Crippen LogP contribution in [0.15, 0.2) is 28.7 Å². The van der Waals surface area contributed by atoms with Gasteiger partial charge in [-0.2, -0.15) is 5.10 Å². The van der Waals surface area contributed by atoms with Gasteiger partial charge in [-0.25, -0.2) is 4.79 Å². The van der Waals surface area contributed by atoms with Crippen LogP contribution in [-0.2, 0) is 20.1 Å². The van der Waals surface area contributed by atoms with E-state index in [1.807, 2.05) is 20.0 Å². The molecule has 0 spiro atoms. The van der Waals surface area contributed by atoms with Crippen molar-refractivity contribution in [3.8, 4) is 5.75 Å². The number of benzene rings is 1. The normalized spacial score (nSPS) is 10.6. The highest BCUT2D eigenvalue weighted by Crippen LogP contribution is 2.24. The minimum Gasteiger partial charge on any atom is -0.486 e. The summed E-state index contributed by atoms with van der Waals surface area (Å²) in [5, 5.41) is 13.5. The molecule has 0 fully saturated rings. The fourth-order valence-corrected chi connectivity index (χ4v) is 2.19. The van der Waals surface area contributed by atoms with Crippen LogP contribution in [0.25, 0.3) is 0 Å². The lowest BCUT2D eigenvalue weighted by Gasteiger charge is -2.09. The van der Waals surface area contributed by atoms with Crippen molar-refractivity contribution in [1.29, 1.82) is 0 Å². The van der Waals surface area contributed by atoms with Gasteiger partial charge in [-0.1, -0.05) is 22.9 Å². The Morgan fingerprint density at radius 2 is 2.20 bits per heavy atom. The minimum absolute atomic E-state index is 0.136. The lowest BCUT2D eigenvalue weighted by atomic mass is 10.2. The second-order valence-electron chi connectivity index (χ2n) is 4.34. The monoisotopic (exact) mass is 338 g/mol. The number of halogens is 1. The van der Waals surface area contributed by atoms with E-state index in [4.69, 9.17) is 9.84 Å². The Balaban J connectivity index is 2.18. The van der Waals surface area contributed by atoms with Crippen LogP contribution in [0, 0.1) is 0 Å². The molecule has 0 saturated heterocycles. The molecule has 0 bridgehead atoms. The quantitative estimate of drug-likeness (QED) is 0.909. The topological polar surface area (TPSA) is 64.3 Å². The van der Waals surface area contributed by atoms with Gasteiger partial charge >= 0.3 is 5.97 Å². The molecule has 6 heteroatoms. The highest BCUT2D eigenvalue weighted by Gasteiger charge is 2.13. The summed E-state index contributed by atoms with van der Waals surface area (Å²) in [5.41, 5.74) is 2.03. The van der Waals surface area contributed by atoms with Crippen molar-refractivity contribution in [3.63, 3.8) is 0 Å². The summed E-state index contributed by atoms with van der Waals surface area (Å²) >= 11 is 3.25. The van der Waals surface area contributed by atoms with Gasteiger partial charge in [0.05, 0.1) is 11.4 Å². The van der Waals surface area contributed by atoms with Gasteiger partial charge in [0.2, 0.25) is 0 Å². The summed E-state index contributed by atoms with van der Waals surface area (Å²) in [5.74, 6) is -0.666. The number of carboxylic acids is 1. The standard InChI is InChI=1S/C14H15BrN2O3/c1-3-10-7-11(17(2)16-10)8-20-13-5-4-9(15)6-12(13)14(18)19/h4-7H,3,8H2,1-2H3,(H,18,19). The first-order valence-corrected chi connectivity index (χ1v) is 6.98. The van der Waals surface area contributed by atoms with Crippen molar-refractivity contribution < 1.29 is 14.6 Å². The maximum Gasteiger partial charge on any atom is 0.339 e. The zero-order valence-corrected chi connectivity index (χ0v) is 12.8. The molecule has 20 heavy (non-hydrogen) atoms. The van der Waals surface area contributed by atoms with Crippen molar-refractivity contribution in [2.24, 2.45) is 7.05 Å². The van der Waals surface area contributed by atoms with Crippen molar-refractivity contribution >= 4 is 21.9 Å². The number of aromatic nitrogens is 2. The highest BCUT2D eigenvalue weighted by atomic mass is 79.9. The van der Waals surface area contributed by atoms with E-state index in [1.54, 1.807) is 16.8 Å². The molecule has 1 aromatic carbocycles. The largest absolute Gasteiger partial charge is 0.486 e. The van der Waals surface area contributed by atoms with E-state index in [1.165, 1.54) is 6.07 Å². The van der Waals surface area contributed by atoms with Gasteiger partial charge in [-0.15, -0.1) is 0 Å². The molecule has 2 aromatic rings. The molecule has 0 aliphatic rings. The number of rotatable bonds is 5. The number of hydrogen-bond donors (Lipinski definition) is 1. The van der Waals surface area contributed by atoms with Gasteiger partial charge in [-0.3, -0.25) is 4.68 Å². The predicted molar refractivity (Wildman–Crippen MR) is 78.0 cm³/mol. The third-order valence-corrected chi connectivity index (χ3v) is 3.43. The predicted octanol–water partition coefficient (Wildman–Crippen LogP) is 3.02. The molecular formula is C14H15BrN2O3. The molecular weight excluding hydrogens is 324 g/mol. The summed E-state index contributed by atoms with van der Waals surface area (Å²) in [7, 11) is 1.84. The SMILES string of the molecule is CCc1cc(COc2ccc(Br)cc2C(=O)O)n(C)n1. The average molecular weight is 339 g/mol. The van der Waals surface area contributed by atoms with Crippen molar-refractivity contribution in [2.45, 2.75) is 20.0 Å². The summed E-state index contributed by atoms with van der Waals surface area (Å²) in [6, 6.07) is 6.88. The van der Waals surface area contributed by atoms with E-state index in [2.05, 4.69) is 21.0 Å². The van der Waals surface area contributed by atoms with Crippen LogP contribution >= 0.6 is 15.9 Å². The smallest absolute Gasteiger partial charge is 0.339 e. The number of carboxylic acid groups (broad SMARTS) is 1. The zero-order valence-electron chi connectivity index (χ0n) is 11.3. The molecule has 1 N–H and O–H groups in total. The van der Waals surface area contributed by atoms with Gasteiger partial charge in [0, 0.05) is 11.5 Å². The molecule has 0 aliphatic heterocycles. The maximum atomic E-state index is 11.2. The molecule has 1 aromatic heterocycles. The Morgan fingerprint density at radius 1 is 1.45 bits per heavy atom. The van der Waals surface area contributed by atoms with Crippen LogP contribution in [0.2, 0.25) is 0 Å². The Morgan fingerprint density at radius 3 is 2.80 bits per heavy atom. The Kier molecular flexibility index (Phi) is 4.44. The first-order chi connectivity index (χ1) is 9.51. The van der Waals surface area contributed by atoms with E-state index >= 15 is 0 Å². The van der Waals surface area contributed by atoms with E-state index < -0.39 is 5.97 Å². The Labute approximate surface area is 125 Å². The van der Waals surface area contributed by atoms with Crippen LogP contribution in [0.5, 0.6) is 5.75 Å².